The van der Waals surface area contributed by atoms with Crippen LogP contribution in [0.15, 0.2) is 24.3 Å². The quantitative estimate of drug-likeness (QED) is 0.833. The van der Waals surface area contributed by atoms with E-state index in [2.05, 4.69) is 19.2 Å². The first kappa shape index (κ1) is 19.7. The lowest BCUT2D eigenvalue weighted by Gasteiger charge is -2.26. The second-order valence-electron chi connectivity index (χ2n) is 6.20. The molecule has 1 heterocycles. The highest BCUT2D eigenvalue weighted by Gasteiger charge is 2.26. The summed E-state index contributed by atoms with van der Waals surface area (Å²) >= 11 is 0. The lowest BCUT2D eigenvalue weighted by atomic mass is 9.92. The molecule has 1 aromatic rings. The number of hydrogen-bond acceptors (Lipinski definition) is 4. The minimum Gasteiger partial charge on any atom is -0.493 e. The monoisotopic (exact) mass is 342 g/mol. The molecule has 130 valence electrons. The highest BCUT2D eigenvalue weighted by molar-refractivity contribution is 5.95. The molecule has 2 rings (SSSR count). The van der Waals surface area contributed by atoms with Crippen LogP contribution in [-0.2, 0) is 9.53 Å². The molecule has 0 spiro atoms. The Kier molecular flexibility index (Phi) is 8.37. The summed E-state index contributed by atoms with van der Waals surface area (Å²) in [7, 11) is 0. The number of hydrogen-bond donors (Lipinski definition) is 2. The van der Waals surface area contributed by atoms with E-state index in [1.807, 2.05) is 24.3 Å². The average molecular weight is 343 g/mol. The van der Waals surface area contributed by atoms with Crippen molar-refractivity contribution in [2.75, 3.05) is 25.1 Å². The molecular weight excluding hydrogens is 316 g/mol. The van der Waals surface area contributed by atoms with Gasteiger partial charge in [0, 0.05) is 25.0 Å². The fourth-order valence-electron chi connectivity index (χ4n) is 2.44. The summed E-state index contributed by atoms with van der Waals surface area (Å²) in [6.07, 6.45) is 1.68. The van der Waals surface area contributed by atoms with Crippen molar-refractivity contribution >= 4 is 24.0 Å². The van der Waals surface area contributed by atoms with Crippen LogP contribution in [0.5, 0.6) is 5.75 Å². The smallest absolute Gasteiger partial charge is 0.241 e. The number of carbonyl (C=O) groups is 1. The third-order valence-corrected chi connectivity index (χ3v) is 3.76. The molecule has 0 saturated carbocycles. The molecule has 0 radical (unpaired) electrons. The highest BCUT2D eigenvalue weighted by atomic mass is 35.5. The molecule has 6 heteroatoms. The van der Waals surface area contributed by atoms with Gasteiger partial charge in [-0.25, -0.2) is 0 Å². The summed E-state index contributed by atoms with van der Waals surface area (Å²) in [4.78, 5) is 12.3. The predicted molar refractivity (Wildman–Crippen MR) is 94.2 cm³/mol. The van der Waals surface area contributed by atoms with Gasteiger partial charge in [-0.15, -0.1) is 12.4 Å². The maximum atomic E-state index is 12.3. The number of amides is 1. The standard InChI is InChI=1S/C17H26N2O3.ClH/c1-12(2)11-22-15-5-3-4-14(10-15)19-17(20)16(18)13-6-8-21-9-7-13;/h3-5,10,12-13,16H,6-9,11,18H2,1-2H3,(H,19,20);1H. The Morgan fingerprint density at radius 1 is 1.39 bits per heavy atom. The molecule has 1 amide bonds. The molecule has 1 saturated heterocycles. The van der Waals surface area contributed by atoms with Crippen molar-refractivity contribution in [2.45, 2.75) is 32.7 Å². The van der Waals surface area contributed by atoms with E-state index in [9.17, 15) is 4.79 Å². The van der Waals surface area contributed by atoms with Crippen LogP contribution in [-0.4, -0.2) is 31.8 Å². The van der Waals surface area contributed by atoms with Gasteiger partial charge in [-0.2, -0.15) is 0 Å². The third kappa shape index (κ3) is 6.37. The van der Waals surface area contributed by atoms with Crippen LogP contribution in [0, 0.1) is 11.8 Å². The molecule has 1 aliphatic heterocycles. The van der Waals surface area contributed by atoms with Gasteiger partial charge in [-0.05, 0) is 36.8 Å². The summed E-state index contributed by atoms with van der Waals surface area (Å²) in [5.74, 6) is 1.26. The van der Waals surface area contributed by atoms with E-state index in [0.29, 0.717) is 31.4 Å². The van der Waals surface area contributed by atoms with Crippen LogP contribution in [0.2, 0.25) is 0 Å². The second-order valence-corrected chi connectivity index (χ2v) is 6.20. The lowest BCUT2D eigenvalue weighted by Crippen LogP contribution is -2.44. The summed E-state index contributed by atoms with van der Waals surface area (Å²) in [5.41, 5.74) is 6.79. The molecule has 0 bridgehead atoms. The van der Waals surface area contributed by atoms with E-state index in [0.717, 1.165) is 18.6 Å². The summed E-state index contributed by atoms with van der Waals surface area (Å²) < 4.78 is 11.0. The number of rotatable bonds is 6. The Hall–Kier alpha value is -1.30. The van der Waals surface area contributed by atoms with Crippen LogP contribution < -0.4 is 15.8 Å². The number of carbonyl (C=O) groups excluding carboxylic acids is 1. The maximum Gasteiger partial charge on any atom is 0.241 e. The minimum absolute atomic E-state index is 0. The molecule has 1 atom stereocenters. The van der Waals surface area contributed by atoms with Gasteiger partial charge in [0.15, 0.2) is 0 Å². The fraction of sp³-hybridized carbons (Fsp3) is 0.588. The zero-order valence-corrected chi connectivity index (χ0v) is 14.6. The zero-order chi connectivity index (χ0) is 15.9. The van der Waals surface area contributed by atoms with E-state index in [4.69, 9.17) is 15.2 Å². The van der Waals surface area contributed by atoms with Crippen LogP contribution >= 0.6 is 12.4 Å². The van der Waals surface area contributed by atoms with E-state index in [1.54, 1.807) is 0 Å². The van der Waals surface area contributed by atoms with Gasteiger partial charge in [0.1, 0.15) is 5.75 Å². The minimum atomic E-state index is -0.496. The maximum absolute atomic E-state index is 12.3. The number of ether oxygens (including phenoxy) is 2. The Labute approximate surface area is 144 Å². The first-order valence-electron chi connectivity index (χ1n) is 7.93. The Balaban J connectivity index is 0.00000264. The first-order chi connectivity index (χ1) is 10.6. The van der Waals surface area contributed by atoms with Crippen molar-refractivity contribution in [2.24, 2.45) is 17.6 Å². The molecule has 1 fully saturated rings. The molecule has 1 aliphatic rings. The molecule has 1 aromatic carbocycles. The first-order valence-corrected chi connectivity index (χ1v) is 7.93. The number of anilines is 1. The third-order valence-electron chi connectivity index (χ3n) is 3.76. The largest absolute Gasteiger partial charge is 0.493 e. The number of benzene rings is 1. The Bertz CT molecular complexity index is 490. The fourth-order valence-corrected chi connectivity index (χ4v) is 2.44. The Morgan fingerprint density at radius 3 is 2.74 bits per heavy atom. The molecule has 3 N–H and O–H groups in total. The predicted octanol–water partition coefficient (Wildman–Crippen LogP) is 2.84. The van der Waals surface area contributed by atoms with Crippen LogP contribution in [0.25, 0.3) is 0 Å². The Morgan fingerprint density at radius 2 is 2.09 bits per heavy atom. The molecule has 0 aliphatic carbocycles. The number of nitrogens with two attached hydrogens (primary N) is 1. The summed E-state index contributed by atoms with van der Waals surface area (Å²) in [6, 6.07) is 6.93. The highest BCUT2D eigenvalue weighted by Crippen LogP contribution is 2.21. The van der Waals surface area contributed by atoms with Crippen molar-refractivity contribution in [3.8, 4) is 5.75 Å². The molecule has 23 heavy (non-hydrogen) atoms. The van der Waals surface area contributed by atoms with Gasteiger partial charge in [0.2, 0.25) is 5.91 Å². The average Bonchev–Trinajstić information content (AvgIpc) is 2.53. The molecule has 0 aromatic heterocycles. The lowest BCUT2D eigenvalue weighted by molar-refractivity contribution is -0.119. The van der Waals surface area contributed by atoms with E-state index < -0.39 is 6.04 Å². The van der Waals surface area contributed by atoms with Crippen LogP contribution in [0.4, 0.5) is 5.69 Å². The van der Waals surface area contributed by atoms with Crippen molar-refractivity contribution in [3.05, 3.63) is 24.3 Å². The van der Waals surface area contributed by atoms with Gasteiger partial charge in [-0.1, -0.05) is 19.9 Å². The number of nitrogens with one attached hydrogen (secondary N) is 1. The van der Waals surface area contributed by atoms with Crippen LogP contribution in [0.3, 0.4) is 0 Å². The SMILES string of the molecule is CC(C)COc1cccc(NC(=O)C(N)C2CCOCC2)c1.Cl. The van der Waals surface area contributed by atoms with Crippen molar-refractivity contribution in [1.82, 2.24) is 0 Å². The number of halogens is 1. The van der Waals surface area contributed by atoms with Gasteiger partial charge < -0.3 is 20.5 Å². The topological polar surface area (TPSA) is 73.6 Å². The summed E-state index contributed by atoms with van der Waals surface area (Å²) in [5, 5.41) is 2.88. The van der Waals surface area contributed by atoms with Gasteiger partial charge in [0.25, 0.3) is 0 Å². The second kappa shape index (κ2) is 9.75. The van der Waals surface area contributed by atoms with Gasteiger partial charge >= 0.3 is 0 Å². The summed E-state index contributed by atoms with van der Waals surface area (Å²) in [6.45, 7) is 6.21. The molecule has 1 unspecified atom stereocenters. The molecular formula is C17H27ClN2O3. The van der Waals surface area contributed by atoms with E-state index in [1.165, 1.54) is 0 Å². The molecule has 5 nitrogen and oxygen atoms in total. The van der Waals surface area contributed by atoms with Gasteiger partial charge in [-0.3, -0.25) is 4.79 Å². The van der Waals surface area contributed by atoms with E-state index in [-0.39, 0.29) is 24.2 Å². The normalized spacial score (nSPS) is 16.5. The van der Waals surface area contributed by atoms with Crippen molar-refractivity contribution < 1.29 is 14.3 Å². The van der Waals surface area contributed by atoms with Crippen molar-refractivity contribution in [3.63, 3.8) is 0 Å². The van der Waals surface area contributed by atoms with E-state index >= 15 is 0 Å². The van der Waals surface area contributed by atoms with Crippen LogP contribution in [0.1, 0.15) is 26.7 Å². The zero-order valence-electron chi connectivity index (χ0n) is 13.8. The van der Waals surface area contributed by atoms with Gasteiger partial charge in [0.05, 0.1) is 12.6 Å². The van der Waals surface area contributed by atoms with Crippen molar-refractivity contribution in [1.29, 1.82) is 0 Å².